The van der Waals surface area contributed by atoms with E-state index in [1.54, 1.807) is 0 Å². The van der Waals surface area contributed by atoms with E-state index in [9.17, 15) is 4.39 Å². The molecule has 0 saturated heterocycles. The Bertz CT molecular complexity index is 502. The van der Waals surface area contributed by atoms with Crippen molar-refractivity contribution in [2.24, 2.45) is 11.8 Å². The molecule has 0 spiro atoms. The summed E-state index contributed by atoms with van der Waals surface area (Å²) in [6.45, 7) is 11.0. The highest BCUT2D eigenvalue weighted by atomic mass is 19.1. The van der Waals surface area contributed by atoms with Crippen molar-refractivity contribution >= 4 is 0 Å². The van der Waals surface area contributed by atoms with Crippen LogP contribution in [-0.4, -0.2) is 50.1 Å². The van der Waals surface area contributed by atoms with E-state index >= 15 is 0 Å². The van der Waals surface area contributed by atoms with Gasteiger partial charge in [-0.25, -0.2) is 4.39 Å². The SMILES string of the molecule is CCC(CN(C)C)N(C)CCC1C=C(F)CC/C=C\C(C)=C1CC(C)C. The van der Waals surface area contributed by atoms with E-state index < -0.39 is 0 Å². The van der Waals surface area contributed by atoms with E-state index in [0.29, 0.717) is 18.4 Å². The summed E-state index contributed by atoms with van der Waals surface area (Å²) < 4.78 is 14.4. The summed E-state index contributed by atoms with van der Waals surface area (Å²) in [7, 11) is 6.48. The van der Waals surface area contributed by atoms with E-state index in [1.165, 1.54) is 11.1 Å². The van der Waals surface area contributed by atoms with E-state index in [4.69, 9.17) is 0 Å². The topological polar surface area (TPSA) is 6.48 Å². The van der Waals surface area contributed by atoms with Crippen molar-refractivity contribution in [3.8, 4) is 0 Å². The van der Waals surface area contributed by atoms with Crippen LogP contribution in [0.25, 0.3) is 0 Å². The van der Waals surface area contributed by atoms with Crippen molar-refractivity contribution in [2.75, 3.05) is 34.2 Å². The summed E-state index contributed by atoms with van der Waals surface area (Å²) in [5.74, 6) is 0.848. The number of hydrogen-bond acceptors (Lipinski definition) is 2. The zero-order valence-electron chi connectivity index (χ0n) is 18.2. The fraction of sp³-hybridized carbons (Fsp3) is 0.739. The van der Waals surface area contributed by atoms with Gasteiger partial charge in [-0.05, 0) is 72.3 Å². The fourth-order valence-electron chi connectivity index (χ4n) is 3.82. The lowest BCUT2D eigenvalue weighted by atomic mass is 9.85. The lowest BCUT2D eigenvalue weighted by Crippen LogP contribution is -2.40. The van der Waals surface area contributed by atoms with Crippen LogP contribution in [0.15, 0.2) is 35.2 Å². The van der Waals surface area contributed by atoms with Gasteiger partial charge in [0.2, 0.25) is 0 Å². The normalized spacial score (nSPS) is 21.7. The molecule has 0 aromatic heterocycles. The third-order valence-electron chi connectivity index (χ3n) is 5.35. The highest BCUT2D eigenvalue weighted by Gasteiger charge is 2.20. The Kier molecular flexibility index (Phi) is 10.4. The summed E-state index contributed by atoms with van der Waals surface area (Å²) in [5, 5.41) is 0. The average molecular weight is 365 g/mol. The number of allylic oxidation sites excluding steroid dienone is 6. The molecule has 1 rings (SSSR count). The molecule has 1 aliphatic carbocycles. The zero-order chi connectivity index (χ0) is 19.7. The van der Waals surface area contributed by atoms with Gasteiger partial charge in [0.1, 0.15) is 0 Å². The summed E-state index contributed by atoms with van der Waals surface area (Å²) in [6, 6.07) is 0.550. The molecule has 2 nitrogen and oxygen atoms in total. The Balaban J connectivity index is 2.96. The molecule has 0 bridgehead atoms. The largest absolute Gasteiger partial charge is 0.308 e. The van der Waals surface area contributed by atoms with Gasteiger partial charge in [0.15, 0.2) is 0 Å². The molecule has 0 radical (unpaired) electrons. The first kappa shape index (κ1) is 23.1. The molecule has 0 fully saturated rings. The van der Waals surface area contributed by atoms with Crippen LogP contribution in [0.4, 0.5) is 4.39 Å². The van der Waals surface area contributed by atoms with Crippen LogP contribution in [0.1, 0.15) is 59.8 Å². The van der Waals surface area contributed by atoms with Crippen molar-refractivity contribution in [3.05, 3.63) is 35.2 Å². The second-order valence-electron chi connectivity index (χ2n) is 8.56. The molecule has 0 aliphatic heterocycles. The van der Waals surface area contributed by atoms with Gasteiger partial charge in [0.25, 0.3) is 0 Å². The number of halogens is 1. The predicted molar refractivity (Wildman–Crippen MR) is 113 cm³/mol. The minimum Gasteiger partial charge on any atom is -0.308 e. The van der Waals surface area contributed by atoms with Gasteiger partial charge in [0.05, 0.1) is 5.83 Å². The first-order valence-electron chi connectivity index (χ1n) is 10.3. The summed E-state index contributed by atoms with van der Waals surface area (Å²) in [6.07, 6.45) is 10.7. The molecule has 0 saturated carbocycles. The molecular formula is C23H41FN2. The summed E-state index contributed by atoms with van der Waals surface area (Å²) in [5.41, 5.74) is 2.75. The van der Waals surface area contributed by atoms with Gasteiger partial charge in [-0.3, -0.25) is 0 Å². The number of likely N-dealkylation sites (N-methyl/N-ethyl adjacent to an activating group) is 2. The van der Waals surface area contributed by atoms with Crippen LogP contribution in [0, 0.1) is 11.8 Å². The van der Waals surface area contributed by atoms with E-state index in [1.807, 2.05) is 6.08 Å². The molecule has 2 atom stereocenters. The quantitative estimate of drug-likeness (QED) is 0.508. The molecule has 0 amide bonds. The van der Waals surface area contributed by atoms with Crippen LogP contribution < -0.4 is 0 Å². The standard InChI is InChI=1S/C23H41FN2/c1-8-22(17-25(5)6)26(7)14-13-20-16-21(24)12-10-9-11-19(4)23(20)15-18(2)3/h9,11,16,18,20,22H,8,10,12-15,17H2,1-7H3/b11-9-,21-16?,23-19?. The number of rotatable bonds is 9. The van der Waals surface area contributed by atoms with Crippen molar-refractivity contribution in [1.29, 1.82) is 0 Å². The maximum absolute atomic E-state index is 14.4. The van der Waals surface area contributed by atoms with Gasteiger partial charge in [-0.1, -0.05) is 44.1 Å². The van der Waals surface area contributed by atoms with Crippen LogP contribution in [0.3, 0.4) is 0 Å². The van der Waals surface area contributed by atoms with Gasteiger partial charge in [-0.2, -0.15) is 0 Å². The molecule has 1 aliphatic rings. The molecule has 0 aromatic carbocycles. The van der Waals surface area contributed by atoms with Crippen LogP contribution >= 0.6 is 0 Å². The third kappa shape index (κ3) is 8.18. The van der Waals surface area contributed by atoms with Crippen LogP contribution in [0.2, 0.25) is 0 Å². The number of hydrogen-bond donors (Lipinski definition) is 0. The molecule has 0 heterocycles. The Morgan fingerprint density at radius 3 is 2.50 bits per heavy atom. The van der Waals surface area contributed by atoms with Crippen molar-refractivity contribution in [1.82, 2.24) is 9.80 Å². The maximum Gasteiger partial charge on any atom is 0.0968 e. The lowest BCUT2D eigenvalue weighted by Gasteiger charge is -2.31. The molecule has 150 valence electrons. The van der Waals surface area contributed by atoms with Gasteiger partial charge in [0, 0.05) is 24.9 Å². The Labute approximate surface area is 161 Å². The fourth-order valence-corrected chi connectivity index (χ4v) is 3.82. The summed E-state index contributed by atoms with van der Waals surface area (Å²) >= 11 is 0. The van der Waals surface area contributed by atoms with Gasteiger partial charge >= 0.3 is 0 Å². The molecule has 3 heteroatoms. The highest BCUT2D eigenvalue weighted by molar-refractivity contribution is 5.30. The van der Waals surface area contributed by atoms with Gasteiger partial charge in [-0.15, -0.1) is 0 Å². The van der Waals surface area contributed by atoms with Crippen molar-refractivity contribution in [3.63, 3.8) is 0 Å². The van der Waals surface area contributed by atoms with E-state index in [0.717, 1.165) is 38.8 Å². The van der Waals surface area contributed by atoms with Crippen LogP contribution in [-0.2, 0) is 0 Å². The monoisotopic (exact) mass is 364 g/mol. The first-order chi connectivity index (χ1) is 12.2. The predicted octanol–water partition coefficient (Wildman–Crippen LogP) is 5.83. The smallest absolute Gasteiger partial charge is 0.0968 e. The Hall–Kier alpha value is -0.930. The molecule has 0 aromatic rings. The minimum absolute atomic E-state index is 0.0543. The van der Waals surface area contributed by atoms with Gasteiger partial charge < -0.3 is 9.80 Å². The zero-order valence-corrected chi connectivity index (χ0v) is 18.2. The van der Waals surface area contributed by atoms with E-state index in [2.05, 4.69) is 70.8 Å². The Morgan fingerprint density at radius 2 is 1.92 bits per heavy atom. The first-order valence-corrected chi connectivity index (χ1v) is 10.3. The highest BCUT2D eigenvalue weighted by Crippen LogP contribution is 2.31. The van der Waals surface area contributed by atoms with Crippen molar-refractivity contribution < 1.29 is 4.39 Å². The molecule has 2 unspecified atom stereocenters. The molecule has 26 heavy (non-hydrogen) atoms. The van der Waals surface area contributed by atoms with Crippen molar-refractivity contribution in [2.45, 2.75) is 65.8 Å². The minimum atomic E-state index is 0.0543. The summed E-state index contributed by atoms with van der Waals surface area (Å²) in [4.78, 5) is 4.71. The molecule has 0 N–H and O–H groups in total. The number of nitrogens with zero attached hydrogens (tertiary/aromatic N) is 2. The average Bonchev–Trinajstić information content (AvgIpc) is 2.62. The maximum atomic E-state index is 14.4. The second-order valence-corrected chi connectivity index (χ2v) is 8.56. The second kappa shape index (κ2) is 11.7. The lowest BCUT2D eigenvalue weighted by molar-refractivity contribution is 0.185. The molecular weight excluding hydrogens is 323 g/mol. The van der Waals surface area contributed by atoms with Crippen LogP contribution in [0.5, 0.6) is 0 Å². The third-order valence-corrected chi connectivity index (χ3v) is 5.35. The Morgan fingerprint density at radius 1 is 1.23 bits per heavy atom. The van der Waals surface area contributed by atoms with E-state index in [-0.39, 0.29) is 11.7 Å².